The maximum atomic E-state index is 11.9. The predicted molar refractivity (Wildman–Crippen MR) is 115 cm³/mol. The van der Waals surface area contributed by atoms with Crippen molar-refractivity contribution in [3.05, 3.63) is 63.6 Å². The van der Waals surface area contributed by atoms with Crippen LogP contribution in [0.4, 0.5) is 0 Å². The average Bonchev–Trinajstić information content (AvgIpc) is 3.26. The van der Waals surface area contributed by atoms with Crippen LogP contribution in [-0.2, 0) is 20.9 Å². The maximum absolute atomic E-state index is 11.9. The van der Waals surface area contributed by atoms with Gasteiger partial charge in [-0.25, -0.2) is 5.43 Å². The van der Waals surface area contributed by atoms with Gasteiger partial charge in [0.2, 0.25) is 0 Å². The van der Waals surface area contributed by atoms with E-state index in [4.69, 9.17) is 32.7 Å². The van der Waals surface area contributed by atoms with Gasteiger partial charge in [0.05, 0.1) is 12.3 Å². The van der Waals surface area contributed by atoms with Crippen LogP contribution in [0.25, 0.3) is 0 Å². The molecule has 0 aliphatic carbocycles. The highest BCUT2D eigenvalue weighted by molar-refractivity contribution is 6.35. The molecule has 2 aromatic rings. The molecule has 2 N–H and O–H groups in total. The summed E-state index contributed by atoms with van der Waals surface area (Å²) >= 11 is 12.1. The zero-order chi connectivity index (χ0) is 21.3. The van der Waals surface area contributed by atoms with Gasteiger partial charge in [0.15, 0.2) is 0 Å². The zero-order valence-corrected chi connectivity index (χ0v) is 17.6. The third-order valence-corrected chi connectivity index (χ3v) is 4.99. The normalized spacial score (nSPS) is 15.9. The van der Waals surface area contributed by atoms with Crippen molar-refractivity contribution in [1.29, 1.82) is 0 Å². The van der Waals surface area contributed by atoms with E-state index in [2.05, 4.69) is 15.8 Å². The van der Waals surface area contributed by atoms with Crippen molar-refractivity contribution in [2.24, 2.45) is 5.10 Å². The smallest absolute Gasteiger partial charge is 0.329 e. The van der Waals surface area contributed by atoms with Gasteiger partial charge >= 0.3 is 11.8 Å². The highest BCUT2D eigenvalue weighted by Crippen LogP contribution is 2.23. The number of amides is 2. The molecule has 1 fully saturated rings. The second-order valence-electron chi connectivity index (χ2n) is 6.61. The molecule has 2 amide bonds. The number of carbonyl (C=O) groups excluding carboxylic acids is 2. The Labute approximate surface area is 184 Å². The van der Waals surface area contributed by atoms with E-state index in [-0.39, 0.29) is 12.7 Å². The van der Waals surface area contributed by atoms with Crippen molar-refractivity contribution in [2.45, 2.75) is 25.6 Å². The molecule has 1 aliphatic heterocycles. The second kappa shape index (κ2) is 11.0. The summed E-state index contributed by atoms with van der Waals surface area (Å²) < 4.78 is 11.2. The molecule has 3 rings (SSSR count). The highest BCUT2D eigenvalue weighted by atomic mass is 35.5. The van der Waals surface area contributed by atoms with Gasteiger partial charge in [-0.2, -0.15) is 5.10 Å². The van der Waals surface area contributed by atoms with Crippen LogP contribution in [0.1, 0.15) is 24.0 Å². The van der Waals surface area contributed by atoms with E-state index in [0.717, 1.165) is 18.4 Å². The SMILES string of the molecule is O=C(NC[C@@H]1CCCO1)C(=O)N/N=C\c1ccccc1OCc1ccc(Cl)cc1Cl. The van der Waals surface area contributed by atoms with E-state index < -0.39 is 11.8 Å². The number of hydrogen-bond donors (Lipinski definition) is 2. The second-order valence-corrected chi connectivity index (χ2v) is 7.45. The first-order valence-corrected chi connectivity index (χ1v) is 10.2. The van der Waals surface area contributed by atoms with Crippen molar-refractivity contribution in [3.8, 4) is 5.75 Å². The number of carbonyl (C=O) groups is 2. The Kier molecular flexibility index (Phi) is 8.07. The third-order valence-electron chi connectivity index (χ3n) is 4.41. The van der Waals surface area contributed by atoms with Gasteiger partial charge in [-0.1, -0.05) is 41.4 Å². The molecular formula is C21H21Cl2N3O4. The number of halogens is 2. The monoisotopic (exact) mass is 449 g/mol. The van der Waals surface area contributed by atoms with E-state index >= 15 is 0 Å². The molecule has 9 heteroatoms. The number of hydrazone groups is 1. The molecule has 0 saturated carbocycles. The summed E-state index contributed by atoms with van der Waals surface area (Å²) in [5, 5.41) is 7.44. The predicted octanol–water partition coefficient (Wildman–Crippen LogP) is 3.32. The lowest BCUT2D eigenvalue weighted by Gasteiger charge is -2.10. The molecule has 2 aromatic carbocycles. The summed E-state index contributed by atoms with van der Waals surface area (Å²) in [6, 6.07) is 12.3. The molecule has 0 spiro atoms. The zero-order valence-electron chi connectivity index (χ0n) is 16.1. The first-order valence-electron chi connectivity index (χ1n) is 9.41. The van der Waals surface area contributed by atoms with Crippen LogP contribution in [0.5, 0.6) is 5.75 Å². The number of nitrogens with one attached hydrogen (secondary N) is 2. The molecule has 158 valence electrons. The topological polar surface area (TPSA) is 89.0 Å². The summed E-state index contributed by atoms with van der Waals surface area (Å²) in [6.07, 6.45) is 3.20. The van der Waals surface area contributed by atoms with E-state index in [1.165, 1.54) is 6.21 Å². The van der Waals surface area contributed by atoms with Crippen LogP contribution >= 0.6 is 23.2 Å². The Morgan fingerprint density at radius 1 is 1.20 bits per heavy atom. The largest absolute Gasteiger partial charge is 0.488 e. The average molecular weight is 450 g/mol. The van der Waals surface area contributed by atoms with Gasteiger partial charge in [0, 0.05) is 34.3 Å². The van der Waals surface area contributed by atoms with Crippen LogP contribution < -0.4 is 15.5 Å². The van der Waals surface area contributed by atoms with Crippen LogP contribution in [-0.4, -0.2) is 37.3 Å². The van der Waals surface area contributed by atoms with Gasteiger partial charge in [-0.15, -0.1) is 0 Å². The summed E-state index contributed by atoms with van der Waals surface area (Å²) in [5.74, 6) is -1.07. The van der Waals surface area contributed by atoms with E-state index in [0.29, 0.717) is 34.5 Å². The molecule has 0 radical (unpaired) electrons. The van der Waals surface area contributed by atoms with Crippen LogP contribution in [0.3, 0.4) is 0 Å². The fraction of sp³-hybridized carbons (Fsp3) is 0.286. The minimum absolute atomic E-state index is 0.0385. The minimum atomic E-state index is -0.851. The van der Waals surface area contributed by atoms with Crippen molar-refractivity contribution >= 4 is 41.2 Å². The first kappa shape index (κ1) is 22.1. The Morgan fingerprint density at radius 2 is 2.03 bits per heavy atom. The fourth-order valence-corrected chi connectivity index (χ4v) is 3.28. The van der Waals surface area contributed by atoms with E-state index in [1.807, 2.05) is 6.07 Å². The maximum Gasteiger partial charge on any atom is 0.329 e. The summed E-state index contributed by atoms with van der Waals surface area (Å²) in [4.78, 5) is 23.7. The Bertz CT molecular complexity index is 930. The quantitative estimate of drug-likeness (QED) is 0.385. The molecular weight excluding hydrogens is 429 g/mol. The number of nitrogens with zero attached hydrogens (tertiary/aromatic N) is 1. The summed E-state index contributed by atoms with van der Waals surface area (Å²) in [6.45, 7) is 1.22. The molecule has 7 nitrogen and oxygen atoms in total. The summed E-state index contributed by atoms with van der Waals surface area (Å²) in [7, 11) is 0. The fourth-order valence-electron chi connectivity index (χ4n) is 2.82. The van der Waals surface area contributed by atoms with Gasteiger partial charge in [0.25, 0.3) is 0 Å². The Morgan fingerprint density at radius 3 is 2.80 bits per heavy atom. The van der Waals surface area contributed by atoms with Gasteiger partial charge in [0.1, 0.15) is 12.4 Å². The number of para-hydroxylation sites is 1. The number of hydrogen-bond acceptors (Lipinski definition) is 5. The third kappa shape index (κ3) is 6.45. The van der Waals surface area contributed by atoms with E-state index in [1.54, 1.807) is 36.4 Å². The van der Waals surface area contributed by atoms with Crippen molar-refractivity contribution < 1.29 is 19.1 Å². The molecule has 0 bridgehead atoms. The molecule has 1 atom stereocenters. The number of benzene rings is 2. The molecule has 30 heavy (non-hydrogen) atoms. The first-order chi connectivity index (χ1) is 14.5. The lowest BCUT2D eigenvalue weighted by molar-refractivity contribution is -0.139. The minimum Gasteiger partial charge on any atom is -0.488 e. The van der Waals surface area contributed by atoms with Crippen molar-refractivity contribution in [3.63, 3.8) is 0 Å². The van der Waals surface area contributed by atoms with Gasteiger partial charge in [-0.05, 0) is 37.1 Å². The van der Waals surface area contributed by atoms with Crippen molar-refractivity contribution in [2.75, 3.05) is 13.2 Å². The standard InChI is InChI=1S/C21H21Cl2N3O4/c22-16-8-7-15(18(23)10-16)13-30-19-6-2-1-4-14(19)11-25-26-21(28)20(27)24-12-17-5-3-9-29-17/h1-2,4,6-8,10-11,17H,3,5,9,12-13H2,(H,24,27)(H,26,28)/b25-11-/t17-/m0/s1. The summed E-state index contributed by atoms with van der Waals surface area (Å²) in [5.41, 5.74) is 3.62. The van der Waals surface area contributed by atoms with Crippen LogP contribution in [0.2, 0.25) is 10.0 Å². The van der Waals surface area contributed by atoms with E-state index in [9.17, 15) is 9.59 Å². The molecule has 0 unspecified atom stereocenters. The molecule has 1 saturated heterocycles. The molecule has 1 heterocycles. The van der Waals surface area contributed by atoms with Crippen molar-refractivity contribution in [1.82, 2.24) is 10.7 Å². The lowest BCUT2D eigenvalue weighted by atomic mass is 10.2. The van der Waals surface area contributed by atoms with Gasteiger partial charge in [-0.3, -0.25) is 9.59 Å². The highest BCUT2D eigenvalue weighted by Gasteiger charge is 2.19. The van der Waals surface area contributed by atoms with Crippen LogP contribution in [0.15, 0.2) is 47.6 Å². The number of rotatable bonds is 7. The van der Waals surface area contributed by atoms with Crippen LogP contribution in [0, 0.1) is 0 Å². The lowest BCUT2D eigenvalue weighted by Crippen LogP contribution is -2.41. The van der Waals surface area contributed by atoms with Gasteiger partial charge < -0.3 is 14.8 Å². The Balaban J connectivity index is 1.52. The molecule has 0 aromatic heterocycles. The Hall–Kier alpha value is -2.61. The molecule has 1 aliphatic rings. The number of ether oxygens (including phenoxy) is 2.